The number of nitrogens with one attached hydrogen (secondary N) is 1. The van der Waals surface area contributed by atoms with Gasteiger partial charge in [0.25, 0.3) is 0 Å². The first-order chi connectivity index (χ1) is 9.60. The molecule has 0 fully saturated rings. The molecule has 0 aliphatic heterocycles. The Morgan fingerprint density at radius 3 is 2.65 bits per heavy atom. The van der Waals surface area contributed by atoms with E-state index in [4.69, 9.17) is 5.73 Å². The number of hydrogen-bond acceptors (Lipinski definition) is 5. The van der Waals surface area contributed by atoms with Crippen molar-refractivity contribution in [2.45, 2.75) is 19.8 Å². The van der Waals surface area contributed by atoms with E-state index in [9.17, 15) is 0 Å². The molecule has 0 saturated carbocycles. The molecule has 0 bridgehead atoms. The Hall–Kier alpha value is -2.30. The van der Waals surface area contributed by atoms with Gasteiger partial charge in [0, 0.05) is 26.6 Å². The third kappa shape index (κ3) is 3.38. The summed E-state index contributed by atoms with van der Waals surface area (Å²) in [7, 11) is 4.02. The number of hydrogen-bond donors (Lipinski definition) is 2. The number of para-hydroxylation sites is 2. The number of aromatic nitrogens is 2. The first-order valence-electron chi connectivity index (χ1n) is 6.77. The maximum absolute atomic E-state index is 5.84. The number of anilines is 4. The van der Waals surface area contributed by atoms with Crippen molar-refractivity contribution in [2.75, 3.05) is 30.0 Å². The molecule has 3 N–H and O–H groups in total. The van der Waals surface area contributed by atoms with E-state index < -0.39 is 0 Å². The smallest absolute Gasteiger partial charge is 0.136 e. The molecular weight excluding hydrogens is 250 g/mol. The molecule has 106 valence electrons. The second-order valence-corrected chi connectivity index (χ2v) is 4.88. The molecule has 0 amide bonds. The highest BCUT2D eigenvalue weighted by atomic mass is 15.1. The molecule has 0 aliphatic rings. The lowest BCUT2D eigenvalue weighted by Crippen LogP contribution is -2.11. The number of benzene rings is 1. The van der Waals surface area contributed by atoms with Crippen molar-refractivity contribution in [2.24, 2.45) is 0 Å². The fourth-order valence-corrected chi connectivity index (χ4v) is 2.02. The van der Waals surface area contributed by atoms with Gasteiger partial charge in [-0.25, -0.2) is 9.97 Å². The SMILES string of the molecule is CCCc1nc(N)cc(Nc2ccccc2N(C)C)n1. The Labute approximate surface area is 119 Å². The second-order valence-electron chi connectivity index (χ2n) is 4.88. The van der Waals surface area contributed by atoms with E-state index in [1.807, 2.05) is 32.3 Å². The third-order valence-electron chi connectivity index (χ3n) is 2.91. The zero-order valence-electron chi connectivity index (χ0n) is 12.2. The van der Waals surface area contributed by atoms with E-state index in [1.54, 1.807) is 6.07 Å². The summed E-state index contributed by atoms with van der Waals surface area (Å²) in [5.74, 6) is 2.00. The van der Waals surface area contributed by atoms with Gasteiger partial charge in [-0.2, -0.15) is 0 Å². The molecular formula is C15H21N5. The van der Waals surface area contributed by atoms with E-state index >= 15 is 0 Å². The van der Waals surface area contributed by atoms with Gasteiger partial charge in [-0.1, -0.05) is 19.1 Å². The molecule has 0 unspecified atom stereocenters. The van der Waals surface area contributed by atoms with Gasteiger partial charge in [0.15, 0.2) is 0 Å². The van der Waals surface area contributed by atoms with E-state index in [1.165, 1.54) is 0 Å². The molecule has 0 atom stereocenters. The van der Waals surface area contributed by atoms with Crippen molar-refractivity contribution in [3.63, 3.8) is 0 Å². The number of aryl methyl sites for hydroxylation is 1. The van der Waals surface area contributed by atoms with Crippen molar-refractivity contribution in [1.29, 1.82) is 0 Å². The summed E-state index contributed by atoms with van der Waals surface area (Å²) < 4.78 is 0. The van der Waals surface area contributed by atoms with Crippen LogP contribution in [-0.2, 0) is 6.42 Å². The van der Waals surface area contributed by atoms with Gasteiger partial charge in [0.05, 0.1) is 11.4 Å². The van der Waals surface area contributed by atoms with Crippen molar-refractivity contribution >= 4 is 23.0 Å². The molecule has 1 aromatic heterocycles. The van der Waals surface area contributed by atoms with Crippen molar-refractivity contribution in [3.8, 4) is 0 Å². The average Bonchev–Trinajstić information content (AvgIpc) is 2.38. The highest BCUT2D eigenvalue weighted by Gasteiger charge is 2.07. The summed E-state index contributed by atoms with van der Waals surface area (Å²) in [6, 6.07) is 9.84. The van der Waals surface area contributed by atoms with Gasteiger partial charge >= 0.3 is 0 Å². The summed E-state index contributed by atoms with van der Waals surface area (Å²) in [6.45, 7) is 2.10. The first-order valence-corrected chi connectivity index (χ1v) is 6.77. The quantitative estimate of drug-likeness (QED) is 0.875. The topological polar surface area (TPSA) is 67.1 Å². The van der Waals surface area contributed by atoms with Gasteiger partial charge in [-0.3, -0.25) is 0 Å². The molecule has 5 heteroatoms. The van der Waals surface area contributed by atoms with Crippen LogP contribution in [0.4, 0.5) is 23.0 Å². The largest absolute Gasteiger partial charge is 0.384 e. The molecule has 20 heavy (non-hydrogen) atoms. The molecule has 0 spiro atoms. The zero-order valence-corrected chi connectivity index (χ0v) is 12.2. The van der Waals surface area contributed by atoms with Crippen LogP contribution in [0, 0.1) is 0 Å². The van der Waals surface area contributed by atoms with Crippen molar-refractivity contribution in [1.82, 2.24) is 9.97 Å². The lowest BCUT2D eigenvalue weighted by molar-refractivity contribution is 0.839. The maximum Gasteiger partial charge on any atom is 0.136 e. The van der Waals surface area contributed by atoms with Gasteiger partial charge in [0.2, 0.25) is 0 Å². The molecule has 1 heterocycles. The highest BCUT2D eigenvalue weighted by Crippen LogP contribution is 2.26. The molecule has 1 aromatic carbocycles. The van der Waals surface area contributed by atoms with Crippen LogP contribution < -0.4 is 16.0 Å². The van der Waals surface area contributed by atoms with Crippen LogP contribution in [-0.4, -0.2) is 24.1 Å². The normalized spacial score (nSPS) is 10.3. The molecule has 5 nitrogen and oxygen atoms in total. The van der Waals surface area contributed by atoms with Gasteiger partial charge < -0.3 is 16.0 Å². The van der Waals surface area contributed by atoms with Crippen molar-refractivity contribution in [3.05, 3.63) is 36.2 Å². The van der Waals surface area contributed by atoms with Crippen LogP contribution in [0.15, 0.2) is 30.3 Å². The minimum Gasteiger partial charge on any atom is -0.384 e. The summed E-state index contributed by atoms with van der Waals surface area (Å²) in [6.07, 6.45) is 1.83. The Morgan fingerprint density at radius 2 is 1.95 bits per heavy atom. The summed E-state index contributed by atoms with van der Waals surface area (Å²) in [4.78, 5) is 10.8. The molecule has 0 radical (unpaired) electrons. The Morgan fingerprint density at radius 1 is 1.20 bits per heavy atom. The fourth-order valence-electron chi connectivity index (χ4n) is 2.02. The monoisotopic (exact) mass is 271 g/mol. The maximum atomic E-state index is 5.84. The van der Waals surface area contributed by atoms with Crippen LogP contribution in [0.2, 0.25) is 0 Å². The Bertz CT molecular complexity index is 580. The van der Waals surface area contributed by atoms with E-state index in [-0.39, 0.29) is 0 Å². The van der Waals surface area contributed by atoms with E-state index in [0.29, 0.717) is 5.82 Å². The molecule has 0 aliphatic carbocycles. The zero-order chi connectivity index (χ0) is 14.5. The predicted octanol–water partition coefficient (Wildman–Crippen LogP) is 2.82. The van der Waals surface area contributed by atoms with Crippen LogP contribution in [0.5, 0.6) is 0 Å². The highest BCUT2D eigenvalue weighted by molar-refractivity contribution is 5.74. The first kappa shape index (κ1) is 14.1. The van der Waals surface area contributed by atoms with E-state index in [2.05, 4.69) is 33.2 Å². The number of nitrogens with zero attached hydrogens (tertiary/aromatic N) is 3. The molecule has 2 aromatic rings. The number of nitrogens with two attached hydrogens (primary N) is 1. The van der Waals surface area contributed by atoms with Crippen molar-refractivity contribution < 1.29 is 0 Å². The summed E-state index contributed by atoms with van der Waals surface area (Å²) in [5.41, 5.74) is 7.94. The molecule has 0 saturated heterocycles. The van der Waals surface area contributed by atoms with Gasteiger partial charge in [0.1, 0.15) is 17.5 Å². The lowest BCUT2D eigenvalue weighted by atomic mass is 10.2. The van der Waals surface area contributed by atoms with Crippen LogP contribution in [0.1, 0.15) is 19.2 Å². The number of nitrogen functional groups attached to an aromatic ring is 1. The van der Waals surface area contributed by atoms with Crippen LogP contribution in [0.3, 0.4) is 0 Å². The fraction of sp³-hybridized carbons (Fsp3) is 0.333. The predicted molar refractivity (Wildman–Crippen MR) is 84.5 cm³/mol. The minimum atomic E-state index is 0.494. The lowest BCUT2D eigenvalue weighted by Gasteiger charge is -2.18. The standard InChI is InChI=1S/C15H21N5/c1-4-7-14-18-13(16)10-15(19-14)17-11-8-5-6-9-12(11)20(2)3/h5-6,8-10H,4,7H2,1-3H3,(H3,16,17,18,19). The summed E-state index contributed by atoms with van der Waals surface area (Å²) >= 11 is 0. The van der Waals surface area contributed by atoms with Crippen LogP contribution >= 0.6 is 0 Å². The third-order valence-corrected chi connectivity index (χ3v) is 2.91. The minimum absolute atomic E-state index is 0.494. The second kappa shape index (κ2) is 6.23. The molecule has 2 rings (SSSR count). The number of rotatable bonds is 5. The van der Waals surface area contributed by atoms with E-state index in [0.717, 1.165) is 35.9 Å². The summed E-state index contributed by atoms with van der Waals surface area (Å²) in [5, 5.41) is 3.32. The average molecular weight is 271 g/mol. The van der Waals surface area contributed by atoms with Crippen LogP contribution in [0.25, 0.3) is 0 Å². The Balaban J connectivity index is 2.30. The Kier molecular flexibility index (Phi) is 4.40. The van der Waals surface area contributed by atoms with Gasteiger partial charge in [-0.15, -0.1) is 0 Å². The van der Waals surface area contributed by atoms with Gasteiger partial charge in [-0.05, 0) is 18.6 Å².